The maximum atomic E-state index is 12.5. The molecule has 1 N–H and O–H groups in total. The number of sulfonamides is 1. The van der Waals surface area contributed by atoms with Gasteiger partial charge in [0.05, 0.1) is 0 Å². The highest BCUT2D eigenvalue weighted by Gasteiger charge is 2.34. The van der Waals surface area contributed by atoms with Gasteiger partial charge in [-0.1, -0.05) is 15.9 Å². The molecule has 1 aromatic rings. The SMILES string of the molecule is CN1CCCC1CCNS(=O)(=O)c1ccc(Br)cc1OC(F)(F)F. The molecule has 1 aliphatic heterocycles. The molecule has 1 aromatic carbocycles. The number of nitrogens with zero attached hydrogens (tertiary/aromatic N) is 1. The summed E-state index contributed by atoms with van der Waals surface area (Å²) in [5, 5.41) is 0. The molecule has 1 heterocycles. The van der Waals surface area contributed by atoms with Crippen LogP contribution in [-0.2, 0) is 10.0 Å². The molecule has 2 rings (SSSR count). The van der Waals surface area contributed by atoms with E-state index in [0.29, 0.717) is 6.42 Å². The van der Waals surface area contributed by atoms with Gasteiger partial charge in [0, 0.05) is 17.1 Å². The number of hydrogen-bond acceptors (Lipinski definition) is 4. The fourth-order valence-electron chi connectivity index (χ4n) is 2.69. The number of likely N-dealkylation sites (tertiary alicyclic amines) is 1. The van der Waals surface area contributed by atoms with Crippen molar-refractivity contribution >= 4 is 26.0 Å². The van der Waals surface area contributed by atoms with Crippen molar-refractivity contribution < 1.29 is 26.3 Å². The first-order valence-corrected chi connectivity index (χ1v) is 9.61. The summed E-state index contributed by atoms with van der Waals surface area (Å²) >= 11 is 3.01. The Morgan fingerprint density at radius 1 is 1.42 bits per heavy atom. The lowest BCUT2D eigenvalue weighted by Crippen LogP contribution is -2.32. The average Bonchev–Trinajstić information content (AvgIpc) is 2.82. The van der Waals surface area contributed by atoms with Gasteiger partial charge < -0.3 is 9.64 Å². The van der Waals surface area contributed by atoms with Crippen LogP contribution in [0, 0.1) is 0 Å². The van der Waals surface area contributed by atoms with E-state index >= 15 is 0 Å². The van der Waals surface area contributed by atoms with Crippen molar-refractivity contribution in [3.05, 3.63) is 22.7 Å². The van der Waals surface area contributed by atoms with Crippen molar-refractivity contribution in [1.82, 2.24) is 9.62 Å². The highest BCUT2D eigenvalue weighted by atomic mass is 79.9. The molecule has 1 atom stereocenters. The van der Waals surface area contributed by atoms with Gasteiger partial charge in [0.15, 0.2) is 5.75 Å². The molecule has 136 valence electrons. The zero-order valence-corrected chi connectivity index (χ0v) is 15.3. The molecule has 0 bridgehead atoms. The van der Waals surface area contributed by atoms with Crippen molar-refractivity contribution in [2.24, 2.45) is 0 Å². The second-order valence-electron chi connectivity index (χ2n) is 5.60. The van der Waals surface area contributed by atoms with Crippen LogP contribution in [0.2, 0.25) is 0 Å². The summed E-state index contributed by atoms with van der Waals surface area (Å²) in [7, 11) is -2.14. The number of halogens is 4. The molecule has 0 spiro atoms. The number of ether oxygens (including phenoxy) is 1. The normalized spacial score (nSPS) is 19.6. The Morgan fingerprint density at radius 2 is 2.12 bits per heavy atom. The largest absolute Gasteiger partial charge is 0.573 e. The molecule has 10 heteroatoms. The van der Waals surface area contributed by atoms with Gasteiger partial charge in [-0.15, -0.1) is 13.2 Å². The predicted octanol–water partition coefficient (Wildman–Crippen LogP) is 3.11. The van der Waals surface area contributed by atoms with E-state index < -0.39 is 27.0 Å². The van der Waals surface area contributed by atoms with E-state index in [1.165, 1.54) is 6.07 Å². The van der Waals surface area contributed by atoms with E-state index in [0.717, 1.165) is 31.5 Å². The Bertz CT molecular complexity index is 682. The van der Waals surface area contributed by atoms with Gasteiger partial charge in [0.1, 0.15) is 4.90 Å². The smallest absolute Gasteiger partial charge is 0.404 e. The fraction of sp³-hybridized carbons (Fsp3) is 0.571. The maximum Gasteiger partial charge on any atom is 0.573 e. The molecule has 0 aromatic heterocycles. The molecule has 1 fully saturated rings. The highest BCUT2D eigenvalue weighted by Crippen LogP contribution is 2.32. The molecule has 24 heavy (non-hydrogen) atoms. The third-order valence-corrected chi connectivity index (χ3v) is 5.86. The van der Waals surface area contributed by atoms with Crippen LogP contribution < -0.4 is 9.46 Å². The van der Waals surface area contributed by atoms with E-state index in [9.17, 15) is 21.6 Å². The van der Waals surface area contributed by atoms with E-state index in [-0.39, 0.29) is 17.1 Å². The van der Waals surface area contributed by atoms with Crippen LogP contribution >= 0.6 is 15.9 Å². The minimum absolute atomic E-state index is 0.152. The summed E-state index contributed by atoms with van der Waals surface area (Å²) in [6.45, 7) is 1.12. The van der Waals surface area contributed by atoms with Crippen molar-refractivity contribution in [2.45, 2.75) is 36.6 Å². The zero-order valence-electron chi connectivity index (χ0n) is 12.9. The monoisotopic (exact) mass is 430 g/mol. The zero-order chi connectivity index (χ0) is 18.0. The van der Waals surface area contributed by atoms with Gasteiger partial charge in [-0.25, -0.2) is 13.1 Å². The second kappa shape index (κ2) is 7.59. The Balaban J connectivity index is 2.10. The fourth-order valence-corrected chi connectivity index (χ4v) is 4.18. The summed E-state index contributed by atoms with van der Waals surface area (Å²) in [6, 6.07) is 3.69. The lowest BCUT2D eigenvalue weighted by atomic mass is 10.1. The van der Waals surface area contributed by atoms with Crippen molar-refractivity contribution in [3.8, 4) is 5.75 Å². The molecule has 1 unspecified atom stereocenters. The first-order valence-electron chi connectivity index (χ1n) is 7.34. The number of hydrogen-bond donors (Lipinski definition) is 1. The number of alkyl halides is 3. The molecule has 1 saturated heterocycles. The second-order valence-corrected chi connectivity index (χ2v) is 8.25. The summed E-state index contributed by atoms with van der Waals surface area (Å²) in [5.74, 6) is -0.762. The van der Waals surface area contributed by atoms with Gasteiger partial charge in [-0.2, -0.15) is 0 Å². The van der Waals surface area contributed by atoms with E-state index in [1.54, 1.807) is 0 Å². The minimum Gasteiger partial charge on any atom is -0.404 e. The molecular formula is C14H18BrF3N2O3S. The molecule has 0 aliphatic carbocycles. The maximum absolute atomic E-state index is 12.5. The van der Waals surface area contributed by atoms with Crippen LogP contribution in [0.4, 0.5) is 13.2 Å². The van der Waals surface area contributed by atoms with Crippen LogP contribution in [0.5, 0.6) is 5.75 Å². The molecule has 0 saturated carbocycles. The van der Waals surface area contributed by atoms with Crippen LogP contribution in [-0.4, -0.2) is 45.9 Å². The van der Waals surface area contributed by atoms with Crippen molar-refractivity contribution in [3.63, 3.8) is 0 Å². The minimum atomic E-state index is -4.97. The van der Waals surface area contributed by atoms with Gasteiger partial charge in [0.25, 0.3) is 0 Å². The van der Waals surface area contributed by atoms with Gasteiger partial charge in [-0.3, -0.25) is 0 Å². The van der Waals surface area contributed by atoms with Gasteiger partial charge >= 0.3 is 6.36 Å². The summed E-state index contributed by atoms with van der Waals surface area (Å²) in [6.07, 6.45) is -2.33. The molecule has 0 amide bonds. The van der Waals surface area contributed by atoms with Crippen LogP contribution in [0.15, 0.2) is 27.6 Å². The average molecular weight is 431 g/mol. The predicted molar refractivity (Wildman–Crippen MR) is 86.3 cm³/mol. The Labute approximate surface area is 147 Å². The van der Waals surface area contributed by atoms with Crippen molar-refractivity contribution in [2.75, 3.05) is 20.1 Å². The Hall–Kier alpha value is -0.840. The number of rotatable bonds is 6. The highest BCUT2D eigenvalue weighted by molar-refractivity contribution is 9.10. The number of benzene rings is 1. The van der Waals surface area contributed by atoms with E-state index in [4.69, 9.17) is 0 Å². The topological polar surface area (TPSA) is 58.6 Å². The van der Waals surface area contributed by atoms with Crippen molar-refractivity contribution in [1.29, 1.82) is 0 Å². The van der Waals surface area contributed by atoms with Crippen LogP contribution in [0.25, 0.3) is 0 Å². The lowest BCUT2D eigenvalue weighted by molar-refractivity contribution is -0.275. The Kier molecular flexibility index (Phi) is 6.16. The third-order valence-electron chi connectivity index (χ3n) is 3.86. The quantitative estimate of drug-likeness (QED) is 0.752. The van der Waals surface area contributed by atoms with Gasteiger partial charge in [-0.05, 0) is 51.1 Å². The standard InChI is InChI=1S/C14H18BrF3N2O3S/c1-20-8-2-3-11(20)6-7-19-24(21,22)13-5-4-10(15)9-12(13)23-14(16,17)18/h4-5,9,11,19H,2-3,6-8H2,1H3. The first-order chi connectivity index (χ1) is 11.1. The number of nitrogens with one attached hydrogen (secondary N) is 1. The molecule has 5 nitrogen and oxygen atoms in total. The third kappa shape index (κ3) is 5.33. The molecule has 0 radical (unpaired) electrons. The molecular weight excluding hydrogens is 413 g/mol. The Morgan fingerprint density at radius 3 is 2.71 bits per heavy atom. The molecule has 1 aliphatic rings. The van der Waals surface area contributed by atoms with E-state index in [2.05, 4.69) is 30.3 Å². The summed E-state index contributed by atoms with van der Waals surface area (Å²) in [5.41, 5.74) is 0. The van der Waals surface area contributed by atoms with Crippen LogP contribution in [0.3, 0.4) is 0 Å². The first kappa shape index (κ1) is 19.5. The van der Waals surface area contributed by atoms with E-state index in [1.807, 2.05) is 7.05 Å². The summed E-state index contributed by atoms with van der Waals surface area (Å²) in [4.78, 5) is 1.61. The summed E-state index contributed by atoms with van der Waals surface area (Å²) < 4.78 is 68.6. The van der Waals surface area contributed by atoms with Crippen LogP contribution in [0.1, 0.15) is 19.3 Å². The lowest BCUT2D eigenvalue weighted by Gasteiger charge is -2.19. The van der Waals surface area contributed by atoms with Gasteiger partial charge in [0.2, 0.25) is 10.0 Å².